The van der Waals surface area contributed by atoms with E-state index in [2.05, 4.69) is 28.5 Å². The average Bonchev–Trinajstić information content (AvgIpc) is 2.65. The molecule has 0 amide bonds. The van der Waals surface area contributed by atoms with Crippen LogP contribution in [0.3, 0.4) is 0 Å². The molecule has 1 unspecified atom stereocenters. The van der Waals surface area contributed by atoms with Crippen LogP contribution in [0.1, 0.15) is 23.6 Å². The van der Waals surface area contributed by atoms with Gasteiger partial charge in [-0.05, 0) is 43.2 Å². The molecule has 1 aliphatic heterocycles. The van der Waals surface area contributed by atoms with E-state index in [-0.39, 0.29) is 0 Å². The van der Waals surface area contributed by atoms with E-state index in [1.54, 1.807) is 13.3 Å². The van der Waals surface area contributed by atoms with Crippen LogP contribution in [-0.2, 0) is 6.42 Å². The first-order valence-electron chi connectivity index (χ1n) is 6.69. The summed E-state index contributed by atoms with van der Waals surface area (Å²) in [5.41, 5.74) is 7.49. The van der Waals surface area contributed by atoms with E-state index in [0.717, 1.165) is 29.0 Å². The van der Waals surface area contributed by atoms with Crippen molar-refractivity contribution in [1.29, 1.82) is 0 Å². The predicted molar refractivity (Wildman–Crippen MR) is 79.2 cm³/mol. The summed E-state index contributed by atoms with van der Waals surface area (Å²) in [6, 6.07) is 10.4. The molecule has 4 heteroatoms. The molecular formula is C16H17N3O. The number of benzene rings is 1. The molecule has 2 heterocycles. The molecule has 4 nitrogen and oxygen atoms in total. The standard InChI is InChI=1S/C16H17N3O/c1-11-8-12-5-6-14(20-2)9-15(12)16(19-18-11)13-4-3-7-17-10-13/h3-7,9-11,18H,8H2,1-2H3. The fraction of sp³-hybridized carbons (Fsp3) is 0.250. The van der Waals surface area contributed by atoms with Gasteiger partial charge in [0.25, 0.3) is 0 Å². The number of hydrogen-bond donors (Lipinski definition) is 1. The van der Waals surface area contributed by atoms with E-state index < -0.39 is 0 Å². The molecule has 0 saturated heterocycles. The number of nitrogens with zero attached hydrogens (tertiary/aromatic N) is 2. The van der Waals surface area contributed by atoms with Crippen LogP contribution in [0.4, 0.5) is 0 Å². The molecule has 0 spiro atoms. The number of nitrogens with one attached hydrogen (secondary N) is 1. The highest BCUT2D eigenvalue weighted by Gasteiger charge is 2.18. The van der Waals surface area contributed by atoms with Gasteiger partial charge >= 0.3 is 0 Å². The van der Waals surface area contributed by atoms with Crippen LogP contribution < -0.4 is 10.2 Å². The Hall–Kier alpha value is -2.36. The number of rotatable bonds is 2. The second kappa shape index (κ2) is 5.33. The third-order valence-electron chi connectivity index (χ3n) is 3.43. The van der Waals surface area contributed by atoms with Crippen molar-refractivity contribution in [3.05, 3.63) is 59.4 Å². The summed E-state index contributed by atoms with van der Waals surface area (Å²) in [4.78, 5) is 4.19. The summed E-state index contributed by atoms with van der Waals surface area (Å²) in [5, 5.41) is 4.56. The SMILES string of the molecule is COc1ccc2c(c1)C(c1cccnc1)=NNC(C)C2. The summed E-state index contributed by atoms with van der Waals surface area (Å²) in [7, 11) is 1.68. The molecule has 1 N–H and O–H groups in total. The monoisotopic (exact) mass is 267 g/mol. The molecular weight excluding hydrogens is 250 g/mol. The lowest BCUT2D eigenvalue weighted by atomic mass is 9.95. The second-order valence-electron chi connectivity index (χ2n) is 4.96. The highest BCUT2D eigenvalue weighted by molar-refractivity contribution is 6.13. The number of pyridine rings is 1. The van der Waals surface area contributed by atoms with Gasteiger partial charge in [-0.1, -0.05) is 6.07 Å². The smallest absolute Gasteiger partial charge is 0.119 e. The Labute approximate surface area is 118 Å². The number of aromatic nitrogens is 1. The van der Waals surface area contributed by atoms with Gasteiger partial charge in [0.15, 0.2) is 0 Å². The Kier molecular flexibility index (Phi) is 3.37. The van der Waals surface area contributed by atoms with E-state index in [0.29, 0.717) is 6.04 Å². The van der Waals surface area contributed by atoms with Gasteiger partial charge in [0.2, 0.25) is 0 Å². The van der Waals surface area contributed by atoms with Crippen molar-refractivity contribution in [3.63, 3.8) is 0 Å². The van der Waals surface area contributed by atoms with Crippen LogP contribution in [0, 0.1) is 0 Å². The van der Waals surface area contributed by atoms with Crippen molar-refractivity contribution in [2.75, 3.05) is 7.11 Å². The zero-order valence-corrected chi connectivity index (χ0v) is 11.6. The van der Waals surface area contributed by atoms with Crippen LogP contribution in [-0.4, -0.2) is 23.8 Å². The molecule has 1 aliphatic rings. The summed E-state index contributed by atoms with van der Waals surface area (Å²) < 4.78 is 5.34. The molecule has 0 radical (unpaired) electrons. The zero-order valence-electron chi connectivity index (χ0n) is 11.6. The third-order valence-corrected chi connectivity index (χ3v) is 3.43. The van der Waals surface area contributed by atoms with Gasteiger partial charge in [0, 0.05) is 29.6 Å². The fourth-order valence-corrected chi connectivity index (χ4v) is 2.41. The molecule has 0 saturated carbocycles. The van der Waals surface area contributed by atoms with Crippen LogP contribution in [0.15, 0.2) is 47.8 Å². The molecule has 20 heavy (non-hydrogen) atoms. The number of ether oxygens (including phenoxy) is 1. The van der Waals surface area contributed by atoms with Crippen molar-refractivity contribution in [2.45, 2.75) is 19.4 Å². The maximum atomic E-state index is 5.34. The first kappa shape index (κ1) is 12.7. The lowest BCUT2D eigenvalue weighted by molar-refractivity contribution is 0.414. The van der Waals surface area contributed by atoms with Gasteiger partial charge in [-0.25, -0.2) is 0 Å². The summed E-state index contributed by atoms with van der Waals surface area (Å²) in [6.45, 7) is 2.13. The topological polar surface area (TPSA) is 46.5 Å². The van der Waals surface area contributed by atoms with Gasteiger partial charge in [-0.2, -0.15) is 5.10 Å². The van der Waals surface area contributed by atoms with E-state index in [4.69, 9.17) is 4.74 Å². The minimum Gasteiger partial charge on any atom is -0.497 e. The molecule has 0 fully saturated rings. The molecule has 1 aromatic heterocycles. The average molecular weight is 267 g/mol. The van der Waals surface area contributed by atoms with Gasteiger partial charge in [-0.3, -0.25) is 4.98 Å². The fourth-order valence-electron chi connectivity index (χ4n) is 2.41. The Morgan fingerprint density at radius 2 is 2.20 bits per heavy atom. The number of methoxy groups -OCH3 is 1. The largest absolute Gasteiger partial charge is 0.497 e. The third kappa shape index (κ3) is 2.37. The molecule has 2 aromatic rings. The number of hydrogen-bond acceptors (Lipinski definition) is 4. The van der Waals surface area contributed by atoms with Gasteiger partial charge < -0.3 is 10.2 Å². The van der Waals surface area contributed by atoms with E-state index in [1.807, 2.05) is 30.5 Å². The Morgan fingerprint density at radius 3 is 2.95 bits per heavy atom. The highest BCUT2D eigenvalue weighted by Crippen LogP contribution is 2.24. The van der Waals surface area contributed by atoms with Gasteiger partial charge in [-0.15, -0.1) is 0 Å². The second-order valence-corrected chi connectivity index (χ2v) is 4.96. The Bertz CT molecular complexity index is 637. The van der Waals surface area contributed by atoms with Crippen LogP contribution in [0.2, 0.25) is 0 Å². The van der Waals surface area contributed by atoms with Crippen LogP contribution in [0.25, 0.3) is 0 Å². The summed E-state index contributed by atoms with van der Waals surface area (Å²) >= 11 is 0. The van der Waals surface area contributed by atoms with Crippen molar-refractivity contribution >= 4 is 5.71 Å². The van der Waals surface area contributed by atoms with Crippen molar-refractivity contribution in [3.8, 4) is 5.75 Å². The Morgan fingerprint density at radius 1 is 1.30 bits per heavy atom. The first-order valence-corrected chi connectivity index (χ1v) is 6.69. The molecule has 102 valence electrons. The van der Waals surface area contributed by atoms with E-state index in [1.165, 1.54) is 5.56 Å². The van der Waals surface area contributed by atoms with E-state index >= 15 is 0 Å². The highest BCUT2D eigenvalue weighted by atomic mass is 16.5. The number of fused-ring (bicyclic) bond motifs is 1. The minimum absolute atomic E-state index is 0.302. The molecule has 3 rings (SSSR count). The normalized spacial score (nSPS) is 17.5. The maximum absolute atomic E-state index is 5.34. The first-order chi connectivity index (χ1) is 9.78. The lowest BCUT2D eigenvalue weighted by Gasteiger charge is -2.11. The molecule has 1 atom stereocenters. The molecule has 0 aliphatic carbocycles. The maximum Gasteiger partial charge on any atom is 0.119 e. The minimum atomic E-state index is 0.302. The quantitative estimate of drug-likeness (QED) is 0.908. The molecule has 0 bridgehead atoms. The van der Waals surface area contributed by atoms with Crippen LogP contribution in [0.5, 0.6) is 5.75 Å². The van der Waals surface area contributed by atoms with Crippen molar-refractivity contribution in [1.82, 2.24) is 10.4 Å². The van der Waals surface area contributed by atoms with Gasteiger partial charge in [0.1, 0.15) is 5.75 Å². The van der Waals surface area contributed by atoms with Crippen molar-refractivity contribution in [2.24, 2.45) is 5.10 Å². The number of hydrazone groups is 1. The lowest BCUT2D eigenvalue weighted by Crippen LogP contribution is -2.21. The summed E-state index contributed by atoms with van der Waals surface area (Å²) in [6.07, 6.45) is 4.54. The molecule has 1 aromatic carbocycles. The van der Waals surface area contributed by atoms with Crippen molar-refractivity contribution < 1.29 is 4.74 Å². The summed E-state index contributed by atoms with van der Waals surface area (Å²) in [5.74, 6) is 0.842. The zero-order chi connectivity index (χ0) is 13.9. The Balaban J connectivity index is 2.15. The van der Waals surface area contributed by atoms with Crippen LogP contribution >= 0.6 is 0 Å². The van der Waals surface area contributed by atoms with Gasteiger partial charge in [0.05, 0.1) is 12.8 Å². The van der Waals surface area contributed by atoms with E-state index in [9.17, 15) is 0 Å². The predicted octanol–water partition coefficient (Wildman–Crippen LogP) is 2.38.